The van der Waals surface area contributed by atoms with Crippen LogP contribution in [0.2, 0.25) is 10.0 Å². The lowest BCUT2D eigenvalue weighted by Gasteiger charge is -2.34. The molecular formula is C8H6BrCl3N2O. The molecule has 0 aromatic heterocycles. The van der Waals surface area contributed by atoms with Crippen LogP contribution in [0.4, 0.5) is 0 Å². The fourth-order valence-electron chi connectivity index (χ4n) is 1.07. The molecule has 0 spiro atoms. The number of alkyl halides is 1. The molecule has 1 fully saturated rings. The molecule has 2 N–H and O–H groups in total. The van der Waals surface area contributed by atoms with Crippen molar-refractivity contribution in [2.75, 3.05) is 0 Å². The molecule has 7 heteroatoms. The van der Waals surface area contributed by atoms with Gasteiger partial charge >= 0.3 is 0 Å². The van der Waals surface area contributed by atoms with Gasteiger partial charge < -0.3 is 4.74 Å². The predicted octanol–water partition coefficient (Wildman–Crippen LogP) is 3.13. The molecule has 1 aromatic carbocycles. The van der Waals surface area contributed by atoms with Crippen LogP contribution in [-0.2, 0) is 0 Å². The van der Waals surface area contributed by atoms with Crippen molar-refractivity contribution in [1.29, 1.82) is 0 Å². The van der Waals surface area contributed by atoms with Crippen LogP contribution in [0.5, 0.6) is 5.75 Å². The number of hydrogen-bond donors (Lipinski definition) is 2. The predicted molar refractivity (Wildman–Crippen MR) is 64.5 cm³/mol. The van der Waals surface area contributed by atoms with Crippen molar-refractivity contribution in [3.63, 3.8) is 0 Å². The average Bonchev–Trinajstić information content (AvgIpc) is 2.14. The summed E-state index contributed by atoms with van der Waals surface area (Å²) in [7, 11) is 0. The van der Waals surface area contributed by atoms with Crippen molar-refractivity contribution < 1.29 is 4.74 Å². The molecule has 1 saturated heterocycles. The normalized spacial score (nSPS) is 24.8. The van der Waals surface area contributed by atoms with Crippen molar-refractivity contribution >= 4 is 50.7 Å². The van der Waals surface area contributed by atoms with Gasteiger partial charge in [0.1, 0.15) is 5.50 Å². The molecule has 0 aliphatic carbocycles. The Morgan fingerprint density at radius 3 is 2.20 bits per heavy atom. The van der Waals surface area contributed by atoms with Gasteiger partial charge in [0.2, 0.25) is 0 Å². The second kappa shape index (κ2) is 4.65. The number of hydrazine groups is 1. The molecule has 0 bridgehead atoms. The number of benzene rings is 1. The smallest absolute Gasteiger partial charge is 0.193 e. The number of hydrogen-bond acceptors (Lipinski definition) is 3. The van der Waals surface area contributed by atoms with E-state index < -0.39 is 0 Å². The largest absolute Gasteiger partial charge is 0.468 e. The molecule has 1 aromatic rings. The molecule has 0 radical (unpaired) electrons. The molecule has 15 heavy (non-hydrogen) atoms. The number of rotatable bonds is 2. The van der Waals surface area contributed by atoms with Gasteiger partial charge in [-0.15, -0.1) is 0 Å². The van der Waals surface area contributed by atoms with Crippen molar-refractivity contribution in [3.8, 4) is 5.75 Å². The monoisotopic (exact) mass is 330 g/mol. The second-order valence-corrected chi connectivity index (χ2v) is 5.13. The summed E-state index contributed by atoms with van der Waals surface area (Å²) in [5.74, 6) is 0.422. The van der Waals surface area contributed by atoms with Gasteiger partial charge in [-0.2, -0.15) is 0 Å². The van der Waals surface area contributed by atoms with Crippen molar-refractivity contribution in [2.24, 2.45) is 0 Å². The van der Waals surface area contributed by atoms with E-state index in [2.05, 4.69) is 26.8 Å². The number of ether oxygens (including phenoxy) is 1. The average molecular weight is 332 g/mol. The van der Waals surface area contributed by atoms with Gasteiger partial charge in [-0.3, -0.25) is 0 Å². The summed E-state index contributed by atoms with van der Waals surface area (Å²) < 4.78 is 6.29. The minimum atomic E-state index is -0.331. The first kappa shape index (κ1) is 11.8. The molecule has 1 heterocycles. The Morgan fingerprint density at radius 1 is 1.20 bits per heavy atom. The van der Waals surface area contributed by atoms with E-state index in [0.29, 0.717) is 15.8 Å². The summed E-state index contributed by atoms with van der Waals surface area (Å²) in [6.45, 7) is 0. The van der Waals surface area contributed by atoms with E-state index in [4.69, 9.17) is 39.5 Å². The number of nitrogens with one attached hydrogen (secondary N) is 2. The molecule has 1 aliphatic rings. The first-order chi connectivity index (χ1) is 7.08. The summed E-state index contributed by atoms with van der Waals surface area (Å²) in [6.07, 6.45) is -0.331. The third-order valence-electron chi connectivity index (χ3n) is 1.84. The highest BCUT2D eigenvalue weighted by Crippen LogP contribution is 2.37. The standard InChI is InChI=1S/C8H6BrCl3N2O/c9-3-1-4(10)6(5(11)2-3)15-8-7(12)13-14-8/h1-2,7-8,13-14H/t7-,8?/m1/s1. The van der Waals surface area contributed by atoms with Crippen molar-refractivity contribution in [2.45, 2.75) is 11.7 Å². The lowest BCUT2D eigenvalue weighted by molar-refractivity contribution is 0.0538. The van der Waals surface area contributed by atoms with Crippen molar-refractivity contribution in [1.82, 2.24) is 10.9 Å². The SMILES string of the molecule is Clc1cc(Br)cc(Cl)c1OC1NN[C@H]1Cl. The fourth-order valence-corrected chi connectivity index (χ4v) is 2.55. The van der Waals surface area contributed by atoms with Gasteiger partial charge in [0, 0.05) is 4.47 Å². The van der Waals surface area contributed by atoms with Crippen LogP contribution in [0.1, 0.15) is 0 Å². The summed E-state index contributed by atoms with van der Waals surface area (Å²) in [6, 6.07) is 3.41. The third-order valence-corrected chi connectivity index (χ3v) is 3.19. The Hall–Kier alpha value is 0.290. The van der Waals surface area contributed by atoms with Crippen LogP contribution >= 0.6 is 50.7 Å². The zero-order chi connectivity index (χ0) is 11.0. The van der Waals surface area contributed by atoms with E-state index in [0.717, 1.165) is 4.47 Å². The van der Waals surface area contributed by atoms with Crippen molar-refractivity contribution in [3.05, 3.63) is 26.7 Å². The molecule has 1 unspecified atom stereocenters. The minimum Gasteiger partial charge on any atom is -0.468 e. The fraction of sp³-hybridized carbons (Fsp3) is 0.250. The molecule has 82 valence electrons. The van der Waals surface area contributed by atoms with Crippen LogP contribution in [0.15, 0.2) is 16.6 Å². The van der Waals surface area contributed by atoms with Crippen LogP contribution < -0.4 is 15.6 Å². The second-order valence-electron chi connectivity index (χ2n) is 2.93. The molecule has 2 rings (SSSR count). The lowest BCUT2D eigenvalue weighted by Crippen LogP contribution is -2.67. The molecule has 2 atom stereocenters. The number of halogens is 4. The van der Waals surface area contributed by atoms with Crippen LogP contribution in [0.3, 0.4) is 0 Å². The van der Waals surface area contributed by atoms with E-state index >= 15 is 0 Å². The summed E-state index contributed by atoms with van der Waals surface area (Å²) in [5, 5.41) is 0.874. The van der Waals surface area contributed by atoms with Crippen LogP contribution in [-0.4, -0.2) is 11.7 Å². The highest BCUT2D eigenvalue weighted by molar-refractivity contribution is 9.10. The topological polar surface area (TPSA) is 33.3 Å². The van der Waals surface area contributed by atoms with E-state index in [-0.39, 0.29) is 11.7 Å². The Bertz CT molecular complexity index is 367. The van der Waals surface area contributed by atoms with Gasteiger partial charge in [-0.05, 0) is 12.1 Å². The maximum atomic E-state index is 5.98. The quantitative estimate of drug-likeness (QED) is 0.645. The molecule has 0 saturated carbocycles. The molecule has 0 amide bonds. The zero-order valence-corrected chi connectivity index (χ0v) is 11.1. The molecule has 3 nitrogen and oxygen atoms in total. The van der Waals surface area contributed by atoms with Gasteiger partial charge in [0.05, 0.1) is 10.0 Å². The van der Waals surface area contributed by atoms with Crippen LogP contribution in [0.25, 0.3) is 0 Å². The molecular weight excluding hydrogens is 326 g/mol. The summed E-state index contributed by atoms with van der Waals surface area (Å²) in [4.78, 5) is 0. The van der Waals surface area contributed by atoms with E-state index in [1.165, 1.54) is 0 Å². The first-order valence-corrected chi connectivity index (χ1v) is 6.03. The van der Waals surface area contributed by atoms with Gasteiger partial charge in [0.15, 0.2) is 12.0 Å². The van der Waals surface area contributed by atoms with Gasteiger partial charge in [0.25, 0.3) is 0 Å². The Labute approximate surface area is 110 Å². The maximum Gasteiger partial charge on any atom is 0.193 e. The molecule has 1 aliphatic heterocycles. The first-order valence-electron chi connectivity index (χ1n) is 4.04. The Morgan fingerprint density at radius 2 is 1.80 bits per heavy atom. The highest BCUT2D eigenvalue weighted by atomic mass is 79.9. The van der Waals surface area contributed by atoms with Gasteiger partial charge in [-0.1, -0.05) is 50.7 Å². The maximum absolute atomic E-state index is 5.98. The van der Waals surface area contributed by atoms with E-state index in [9.17, 15) is 0 Å². The minimum absolute atomic E-state index is 0.291. The van der Waals surface area contributed by atoms with E-state index in [1.807, 2.05) is 0 Å². The third kappa shape index (κ3) is 2.52. The summed E-state index contributed by atoms with van der Waals surface area (Å²) >= 11 is 21.0. The van der Waals surface area contributed by atoms with E-state index in [1.54, 1.807) is 12.1 Å². The Balaban J connectivity index is 2.20. The zero-order valence-electron chi connectivity index (χ0n) is 7.23. The highest BCUT2D eigenvalue weighted by Gasteiger charge is 2.31. The summed E-state index contributed by atoms with van der Waals surface area (Å²) in [5.41, 5.74) is 5.21. The van der Waals surface area contributed by atoms with Crippen LogP contribution in [0, 0.1) is 0 Å². The van der Waals surface area contributed by atoms with Gasteiger partial charge in [-0.25, -0.2) is 10.9 Å². The lowest BCUT2D eigenvalue weighted by atomic mass is 10.3. The Kier molecular flexibility index (Phi) is 3.65.